The minimum Gasteiger partial charge on any atom is -0.494 e. The Hall–Kier alpha value is -2.23. The van der Waals surface area contributed by atoms with E-state index in [1.54, 1.807) is 6.21 Å². The third kappa shape index (κ3) is 3.61. The van der Waals surface area contributed by atoms with Gasteiger partial charge in [-0.3, -0.25) is 4.99 Å². The molecule has 0 spiro atoms. The Morgan fingerprint density at radius 2 is 1.89 bits per heavy atom. The lowest BCUT2D eigenvalue weighted by atomic mass is 10.3. The lowest BCUT2D eigenvalue weighted by molar-refractivity contribution is 0.340. The summed E-state index contributed by atoms with van der Waals surface area (Å²) in [6.07, 6.45) is 1.71. The number of anilines is 1. The first-order valence-corrected chi connectivity index (χ1v) is 6.23. The van der Waals surface area contributed by atoms with E-state index in [0.29, 0.717) is 6.61 Å². The van der Waals surface area contributed by atoms with Gasteiger partial charge in [0.15, 0.2) is 5.88 Å². The maximum atomic E-state index is 5.58. The average Bonchev–Trinajstić information content (AvgIpc) is 2.87. The minimum atomic E-state index is 0.669. The monoisotopic (exact) mass is 258 g/mol. The molecule has 2 rings (SSSR count). The van der Waals surface area contributed by atoms with Gasteiger partial charge in [-0.15, -0.1) is 0 Å². The molecule has 0 unspecified atom stereocenters. The molecule has 0 aliphatic rings. The van der Waals surface area contributed by atoms with Crippen molar-refractivity contribution in [3.05, 3.63) is 42.2 Å². The van der Waals surface area contributed by atoms with Crippen molar-refractivity contribution >= 4 is 17.8 Å². The predicted octanol–water partition coefficient (Wildman–Crippen LogP) is 3.49. The fourth-order valence-corrected chi connectivity index (χ4v) is 1.59. The lowest BCUT2D eigenvalue weighted by Crippen LogP contribution is -2.06. The molecule has 4 nitrogen and oxygen atoms in total. The second kappa shape index (κ2) is 6.09. The van der Waals surface area contributed by atoms with Gasteiger partial charge < -0.3 is 14.1 Å². The maximum absolute atomic E-state index is 5.58. The van der Waals surface area contributed by atoms with Crippen molar-refractivity contribution in [1.29, 1.82) is 0 Å². The molecular formula is C15H18N2O2. The van der Waals surface area contributed by atoms with Crippen molar-refractivity contribution in [2.24, 2.45) is 4.99 Å². The normalized spacial score (nSPS) is 10.9. The molecule has 2 aromatic rings. The minimum absolute atomic E-state index is 0.669. The largest absolute Gasteiger partial charge is 0.494 e. The second-order valence-electron chi connectivity index (χ2n) is 4.26. The van der Waals surface area contributed by atoms with E-state index in [1.807, 2.05) is 62.3 Å². The molecule has 1 heterocycles. The molecule has 0 atom stereocenters. The van der Waals surface area contributed by atoms with E-state index >= 15 is 0 Å². The van der Waals surface area contributed by atoms with Crippen molar-refractivity contribution in [2.45, 2.75) is 6.92 Å². The predicted molar refractivity (Wildman–Crippen MR) is 77.9 cm³/mol. The van der Waals surface area contributed by atoms with Crippen LogP contribution in [0.25, 0.3) is 0 Å². The molecule has 1 aromatic heterocycles. The highest BCUT2D eigenvalue weighted by atomic mass is 16.5. The molecule has 4 heteroatoms. The summed E-state index contributed by atoms with van der Waals surface area (Å²) in [5.41, 5.74) is 0.867. The zero-order valence-corrected chi connectivity index (χ0v) is 11.5. The Labute approximate surface area is 113 Å². The zero-order chi connectivity index (χ0) is 13.7. The van der Waals surface area contributed by atoms with E-state index in [-0.39, 0.29) is 0 Å². The molecule has 1 aromatic carbocycles. The third-order valence-corrected chi connectivity index (χ3v) is 2.54. The number of ether oxygens (including phenoxy) is 1. The van der Waals surface area contributed by atoms with Gasteiger partial charge in [-0.1, -0.05) is 0 Å². The summed E-state index contributed by atoms with van der Waals surface area (Å²) >= 11 is 0. The molecule has 0 aliphatic heterocycles. The van der Waals surface area contributed by atoms with E-state index < -0.39 is 0 Å². The lowest BCUT2D eigenvalue weighted by Gasteiger charge is -2.05. The molecule has 0 radical (unpaired) electrons. The highest BCUT2D eigenvalue weighted by molar-refractivity contribution is 5.79. The molecule has 0 bridgehead atoms. The van der Waals surface area contributed by atoms with E-state index in [1.165, 1.54) is 0 Å². The van der Waals surface area contributed by atoms with Crippen molar-refractivity contribution < 1.29 is 9.15 Å². The first-order valence-electron chi connectivity index (χ1n) is 6.23. The van der Waals surface area contributed by atoms with Gasteiger partial charge in [0.05, 0.1) is 18.5 Å². The Morgan fingerprint density at radius 3 is 2.47 bits per heavy atom. The third-order valence-electron chi connectivity index (χ3n) is 2.54. The van der Waals surface area contributed by atoms with E-state index in [4.69, 9.17) is 9.15 Å². The Kier molecular flexibility index (Phi) is 4.23. The highest BCUT2D eigenvalue weighted by Gasteiger charge is 2.00. The smallest absolute Gasteiger partial charge is 0.195 e. The van der Waals surface area contributed by atoms with E-state index in [2.05, 4.69) is 4.99 Å². The van der Waals surface area contributed by atoms with E-state index in [0.717, 1.165) is 23.1 Å². The summed E-state index contributed by atoms with van der Waals surface area (Å²) in [5.74, 6) is 2.40. The summed E-state index contributed by atoms with van der Waals surface area (Å²) in [5, 5.41) is 0. The Balaban J connectivity index is 2.04. The molecule has 0 amide bonds. The van der Waals surface area contributed by atoms with Gasteiger partial charge in [0.2, 0.25) is 0 Å². The molecule has 19 heavy (non-hydrogen) atoms. The summed E-state index contributed by atoms with van der Waals surface area (Å²) in [6.45, 7) is 2.63. The van der Waals surface area contributed by atoms with Crippen LogP contribution in [0.3, 0.4) is 0 Å². The Bertz CT molecular complexity index is 542. The zero-order valence-electron chi connectivity index (χ0n) is 11.5. The quantitative estimate of drug-likeness (QED) is 0.770. The number of rotatable bonds is 5. The summed E-state index contributed by atoms with van der Waals surface area (Å²) in [6, 6.07) is 11.5. The number of furan rings is 1. The number of hydrogen-bond donors (Lipinski definition) is 0. The SMILES string of the molecule is CCOc1ccc(N=Cc2ccc(N(C)C)o2)cc1. The van der Waals surface area contributed by atoms with Crippen molar-refractivity contribution in [2.75, 3.05) is 25.6 Å². The van der Waals surface area contributed by atoms with Crippen LogP contribution in [0.15, 0.2) is 45.8 Å². The first kappa shape index (κ1) is 13.2. The van der Waals surface area contributed by atoms with E-state index in [9.17, 15) is 0 Å². The van der Waals surface area contributed by atoms with Gasteiger partial charge in [-0.05, 0) is 37.3 Å². The van der Waals surface area contributed by atoms with Crippen LogP contribution < -0.4 is 9.64 Å². The maximum Gasteiger partial charge on any atom is 0.195 e. The second-order valence-corrected chi connectivity index (χ2v) is 4.26. The van der Waals surface area contributed by atoms with Gasteiger partial charge in [0.1, 0.15) is 11.5 Å². The van der Waals surface area contributed by atoms with Gasteiger partial charge in [-0.25, -0.2) is 0 Å². The molecule has 0 saturated carbocycles. The van der Waals surface area contributed by atoms with Crippen LogP contribution in [0.4, 0.5) is 11.6 Å². The summed E-state index contributed by atoms with van der Waals surface area (Å²) in [4.78, 5) is 6.27. The number of hydrogen-bond acceptors (Lipinski definition) is 4. The molecule has 100 valence electrons. The summed E-state index contributed by atoms with van der Waals surface area (Å²) in [7, 11) is 3.87. The number of aliphatic imine (C=N–C) groups is 1. The fourth-order valence-electron chi connectivity index (χ4n) is 1.59. The van der Waals surface area contributed by atoms with Crippen molar-refractivity contribution in [3.63, 3.8) is 0 Å². The molecule has 0 aliphatic carbocycles. The van der Waals surface area contributed by atoms with Crippen LogP contribution in [0, 0.1) is 0 Å². The molecule has 0 saturated heterocycles. The van der Waals surface area contributed by atoms with Crippen molar-refractivity contribution in [3.8, 4) is 5.75 Å². The van der Waals surface area contributed by atoms with Gasteiger partial charge >= 0.3 is 0 Å². The fraction of sp³-hybridized carbons (Fsp3) is 0.267. The van der Waals surface area contributed by atoms with Crippen molar-refractivity contribution in [1.82, 2.24) is 0 Å². The van der Waals surface area contributed by atoms with Crippen LogP contribution in [0.1, 0.15) is 12.7 Å². The first-order chi connectivity index (χ1) is 9.19. The van der Waals surface area contributed by atoms with Gasteiger partial charge in [-0.2, -0.15) is 0 Å². The Morgan fingerprint density at radius 1 is 1.16 bits per heavy atom. The molecule has 0 fully saturated rings. The standard InChI is InChI=1S/C15H18N2O2/c1-4-18-13-7-5-12(6-8-13)16-11-14-9-10-15(19-14)17(2)3/h5-11H,4H2,1-3H3. The van der Waals surface area contributed by atoms with Crippen LogP contribution in [-0.2, 0) is 0 Å². The molecular weight excluding hydrogens is 240 g/mol. The number of nitrogens with zero attached hydrogens (tertiary/aromatic N) is 2. The molecule has 0 N–H and O–H groups in total. The number of benzene rings is 1. The van der Waals surface area contributed by atoms with Gasteiger partial charge in [0.25, 0.3) is 0 Å². The highest BCUT2D eigenvalue weighted by Crippen LogP contribution is 2.19. The van der Waals surface area contributed by atoms with Crippen LogP contribution >= 0.6 is 0 Å². The van der Waals surface area contributed by atoms with Crippen LogP contribution in [0.2, 0.25) is 0 Å². The topological polar surface area (TPSA) is 38.0 Å². The van der Waals surface area contributed by atoms with Gasteiger partial charge in [0, 0.05) is 20.2 Å². The van der Waals surface area contributed by atoms with Crippen LogP contribution in [-0.4, -0.2) is 26.9 Å². The average molecular weight is 258 g/mol. The van der Waals surface area contributed by atoms with Crippen LogP contribution in [0.5, 0.6) is 5.75 Å². The summed E-state index contributed by atoms with van der Waals surface area (Å²) < 4.78 is 11.0.